The number of nitrogens with zero attached hydrogens (tertiary/aromatic N) is 3. The first-order valence-electron chi connectivity index (χ1n) is 6.02. The summed E-state index contributed by atoms with van der Waals surface area (Å²) < 4.78 is 7.33. The van der Waals surface area contributed by atoms with Crippen LogP contribution < -0.4 is 4.74 Å². The average molecular weight is 245 g/mol. The molecule has 1 unspecified atom stereocenters. The first-order valence-corrected chi connectivity index (χ1v) is 6.02. The Labute approximate surface area is 105 Å². The van der Waals surface area contributed by atoms with Crippen LogP contribution in [-0.4, -0.2) is 26.5 Å². The second kappa shape index (κ2) is 4.10. The minimum Gasteiger partial charge on any atom is -0.490 e. The van der Waals surface area contributed by atoms with E-state index in [1.165, 1.54) is 0 Å². The van der Waals surface area contributed by atoms with E-state index in [0.717, 1.165) is 17.0 Å². The molecule has 5 heteroatoms. The second-order valence-electron chi connectivity index (χ2n) is 4.65. The predicted octanol–water partition coefficient (Wildman–Crippen LogP) is 1.95. The van der Waals surface area contributed by atoms with E-state index in [1.54, 1.807) is 18.5 Å². The van der Waals surface area contributed by atoms with Gasteiger partial charge in [-0.3, -0.25) is 9.67 Å². The van der Waals surface area contributed by atoms with Crippen molar-refractivity contribution in [3.63, 3.8) is 0 Å². The summed E-state index contributed by atoms with van der Waals surface area (Å²) in [5.74, 6) is 0.712. The minimum absolute atomic E-state index is 0.243. The van der Waals surface area contributed by atoms with Crippen LogP contribution in [0.3, 0.4) is 0 Å². The van der Waals surface area contributed by atoms with Crippen LogP contribution >= 0.6 is 0 Å². The second-order valence-corrected chi connectivity index (χ2v) is 4.65. The molecular formula is C13H15N3O2. The molecule has 3 heterocycles. The molecule has 1 aliphatic rings. The fourth-order valence-corrected chi connectivity index (χ4v) is 2.27. The van der Waals surface area contributed by atoms with Gasteiger partial charge in [0.05, 0.1) is 17.0 Å². The highest BCUT2D eigenvalue weighted by Gasteiger charge is 2.28. The highest BCUT2D eigenvalue weighted by atomic mass is 16.5. The molecular weight excluding hydrogens is 230 g/mol. The van der Waals surface area contributed by atoms with Crippen LogP contribution in [-0.2, 0) is 0 Å². The molecule has 2 aromatic rings. The van der Waals surface area contributed by atoms with E-state index in [-0.39, 0.29) is 6.04 Å². The molecule has 18 heavy (non-hydrogen) atoms. The van der Waals surface area contributed by atoms with Crippen LogP contribution in [0.5, 0.6) is 5.75 Å². The summed E-state index contributed by atoms with van der Waals surface area (Å²) in [5, 5.41) is 14.3. The minimum atomic E-state index is -0.612. The summed E-state index contributed by atoms with van der Waals surface area (Å²) in [6, 6.07) is 3.94. The highest BCUT2D eigenvalue weighted by Crippen LogP contribution is 2.38. The summed E-state index contributed by atoms with van der Waals surface area (Å²) >= 11 is 0. The maximum atomic E-state index is 10.00. The summed E-state index contributed by atoms with van der Waals surface area (Å²) in [5.41, 5.74) is 2.43. The third kappa shape index (κ3) is 1.59. The van der Waals surface area contributed by atoms with E-state index in [2.05, 4.69) is 23.9 Å². The number of aliphatic hydroxyl groups is 1. The van der Waals surface area contributed by atoms with E-state index in [4.69, 9.17) is 4.74 Å². The summed E-state index contributed by atoms with van der Waals surface area (Å²) in [7, 11) is 0. The van der Waals surface area contributed by atoms with Crippen molar-refractivity contribution in [2.45, 2.75) is 26.0 Å². The molecule has 0 aromatic carbocycles. The fraction of sp³-hybridized carbons (Fsp3) is 0.385. The molecule has 2 aromatic heterocycles. The van der Waals surface area contributed by atoms with Gasteiger partial charge >= 0.3 is 0 Å². The molecule has 1 N–H and O–H groups in total. The van der Waals surface area contributed by atoms with Gasteiger partial charge in [-0.2, -0.15) is 5.10 Å². The topological polar surface area (TPSA) is 60.2 Å². The molecule has 5 nitrogen and oxygen atoms in total. The van der Waals surface area contributed by atoms with E-state index in [1.807, 2.05) is 10.7 Å². The van der Waals surface area contributed by atoms with Gasteiger partial charge in [0.25, 0.3) is 0 Å². The van der Waals surface area contributed by atoms with Gasteiger partial charge in [0.2, 0.25) is 0 Å². The van der Waals surface area contributed by atoms with Crippen LogP contribution in [0.2, 0.25) is 0 Å². The molecule has 0 fully saturated rings. The van der Waals surface area contributed by atoms with Gasteiger partial charge in [-0.25, -0.2) is 0 Å². The van der Waals surface area contributed by atoms with Crippen LogP contribution in [0.1, 0.15) is 31.6 Å². The maximum Gasteiger partial charge on any atom is 0.129 e. The van der Waals surface area contributed by atoms with Crippen molar-refractivity contribution in [2.75, 3.05) is 6.61 Å². The van der Waals surface area contributed by atoms with Crippen molar-refractivity contribution in [2.24, 2.45) is 0 Å². The number of hydrogen-bond donors (Lipinski definition) is 1. The zero-order valence-corrected chi connectivity index (χ0v) is 10.4. The molecule has 0 bridgehead atoms. The highest BCUT2D eigenvalue weighted by molar-refractivity contribution is 5.64. The van der Waals surface area contributed by atoms with Crippen molar-refractivity contribution in [3.05, 3.63) is 30.1 Å². The molecule has 1 atom stereocenters. The maximum absolute atomic E-state index is 10.00. The van der Waals surface area contributed by atoms with Gasteiger partial charge in [0.1, 0.15) is 18.5 Å². The van der Waals surface area contributed by atoms with Gasteiger partial charge in [-0.05, 0) is 26.0 Å². The number of pyridine rings is 1. The largest absolute Gasteiger partial charge is 0.490 e. The number of fused-ring (bicyclic) bond motifs is 1. The van der Waals surface area contributed by atoms with Crippen molar-refractivity contribution < 1.29 is 9.84 Å². The lowest BCUT2D eigenvalue weighted by atomic mass is 10.1. The SMILES string of the molecule is CC(C)n1nccc1-c1nccc2c1C(O)CO2. The normalized spacial score (nSPS) is 17.9. The van der Waals surface area contributed by atoms with E-state index >= 15 is 0 Å². The Morgan fingerprint density at radius 2 is 2.22 bits per heavy atom. The van der Waals surface area contributed by atoms with E-state index in [9.17, 15) is 5.11 Å². The number of ether oxygens (including phenoxy) is 1. The van der Waals surface area contributed by atoms with Gasteiger partial charge < -0.3 is 9.84 Å². The summed E-state index contributed by atoms with van der Waals surface area (Å²) in [6.07, 6.45) is 2.84. The Morgan fingerprint density at radius 1 is 1.39 bits per heavy atom. The van der Waals surface area contributed by atoms with Crippen LogP contribution in [0.4, 0.5) is 0 Å². The van der Waals surface area contributed by atoms with Crippen LogP contribution in [0.15, 0.2) is 24.5 Å². The Hall–Kier alpha value is -1.88. The van der Waals surface area contributed by atoms with Gasteiger partial charge in [0.15, 0.2) is 0 Å². The van der Waals surface area contributed by atoms with Gasteiger partial charge in [-0.1, -0.05) is 0 Å². The predicted molar refractivity (Wildman–Crippen MR) is 66.3 cm³/mol. The molecule has 0 saturated heterocycles. The average Bonchev–Trinajstić information content (AvgIpc) is 2.96. The van der Waals surface area contributed by atoms with Crippen molar-refractivity contribution in [3.8, 4) is 17.1 Å². The first-order chi connectivity index (χ1) is 8.68. The van der Waals surface area contributed by atoms with Crippen LogP contribution in [0.25, 0.3) is 11.4 Å². The Morgan fingerprint density at radius 3 is 3.00 bits per heavy atom. The molecule has 1 aliphatic heterocycles. The number of aliphatic hydroxyl groups excluding tert-OH is 1. The standard InChI is InChI=1S/C13H15N3O2/c1-8(2)16-9(3-6-15-16)13-12-10(17)7-18-11(12)4-5-14-13/h3-6,8,10,17H,7H2,1-2H3. The molecule has 0 saturated carbocycles. The lowest BCUT2D eigenvalue weighted by Crippen LogP contribution is -2.07. The number of hydrogen-bond acceptors (Lipinski definition) is 4. The molecule has 0 amide bonds. The summed E-state index contributed by atoms with van der Waals surface area (Å²) in [6.45, 7) is 4.42. The lowest BCUT2D eigenvalue weighted by Gasteiger charge is -2.13. The molecule has 0 radical (unpaired) electrons. The van der Waals surface area contributed by atoms with Crippen molar-refractivity contribution in [1.82, 2.24) is 14.8 Å². The zero-order chi connectivity index (χ0) is 12.7. The molecule has 94 valence electrons. The van der Waals surface area contributed by atoms with Gasteiger partial charge in [-0.15, -0.1) is 0 Å². The van der Waals surface area contributed by atoms with Crippen LogP contribution in [0, 0.1) is 0 Å². The van der Waals surface area contributed by atoms with Crippen molar-refractivity contribution >= 4 is 0 Å². The van der Waals surface area contributed by atoms with Crippen molar-refractivity contribution in [1.29, 1.82) is 0 Å². The first kappa shape index (κ1) is 11.2. The zero-order valence-electron chi connectivity index (χ0n) is 10.4. The third-order valence-corrected chi connectivity index (χ3v) is 3.08. The fourth-order valence-electron chi connectivity index (χ4n) is 2.27. The third-order valence-electron chi connectivity index (χ3n) is 3.08. The molecule has 3 rings (SSSR count). The monoisotopic (exact) mass is 245 g/mol. The van der Waals surface area contributed by atoms with E-state index in [0.29, 0.717) is 12.4 Å². The smallest absolute Gasteiger partial charge is 0.129 e. The number of rotatable bonds is 2. The van der Waals surface area contributed by atoms with E-state index < -0.39 is 6.10 Å². The quantitative estimate of drug-likeness (QED) is 0.878. The summed E-state index contributed by atoms with van der Waals surface area (Å²) in [4.78, 5) is 4.39. The Bertz CT molecular complexity index is 577. The van der Waals surface area contributed by atoms with Gasteiger partial charge in [0, 0.05) is 18.4 Å². The number of aromatic nitrogens is 3. The molecule has 0 spiro atoms. The lowest BCUT2D eigenvalue weighted by molar-refractivity contribution is 0.140. The molecule has 0 aliphatic carbocycles. The Balaban J connectivity index is 2.18. The Kier molecular flexibility index (Phi) is 2.56.